The summed E-state index contributed by atoms with van der Waals surface area (Å²) in [7, 11) is -3.27. The lowest BCUT2D eigenvalue weighted by molar-refractivity contribution is 0.596. The number of hydrogen-bond donors (Lipinski definition) is 0. The van der Waals surface area contributed by atoms with E-state index in [1.54, 1.807) is 6.07 Å². The Morgan fingerprint density at radius 3 is 3.06 bits per heavy atom. The van der Waals surface area contributed by atoms with Crippen LogP contribution in [0.4, 0.5) is 5.69 Å². The van der Waals surface area contributed by atoms with Crippen LogP contribution in [0.5, 0.6) is 0 Å². The van der Waals surface area contributed by atoms with E-state index >= 15 is 0 Å². The van der Waals surface area contributed by atoms with Crippen LogP contribution in [-0.4, -0.2) is 25.9 Å². The Kier molecular flexibility index (Phi) is 2.21. The zero-order valence-electron chi connectivity index (χ0n) is 8.05. The van der Waals surface area contributed by atoms with Gasteiger partial charge in [0, 0.05) is 16.5 Å². The Balaban J connectivity index is 2.12. The Morgan fingerprint density at radius 1 is 1.44 bits per heavy atom. The second-order valence-electron chi connectivity index (χ2n) is 3.53. The number of halogens is 1. The van der Waals surface area contributed by atoms with Gasteiger partial charge in [-0.05, 0) is 30.0 Å². The van der Waals surface area contributed by atoms with Gasteiger partial charge in [-0.25, -0.2) is 8.42 Å². The van der Waals surface area contributed by atoms with Crippen LogP contribution in [0.15, 0.2) is 27.5 Å². The van der Waals surface area contributed by atoms with Crippen LogP contribution in [0.2, 0.25) is 5.02 Å². The monoisotopic (exact) mass is 274 g/mol. The molecule has 0 atom stereocenters. The predicted octanol–water partition coefficient (Wildman–Crippen LogP) is 1.95. The fourth-order valence-electron chi connectivity index (χ4n) is 1.70. The molecular weight excluding hydrogens is 268 g/mol. The molecule has 0 saturated heterocycles. The summed E-state index contributed by atoms with van der Waals surface area (Å²) in [6.07, 6.45) is 0. The molecule has 0 unspecified atom stereocenters. The number of hydrogen-bond acceptors (Lipinski definition) is 4. The van der Waals surface area contributed by atoms with Gasteiger partial charge in [-0.2, -0.15) is 0 Å². The highest BCUT2D eigenvalue weighted by Gasteiger charge is 2.32. The van der Waals surface area contributed by atoms with Crippen molar-refractivity contribution >= 4 is 44.2 Å². The van der Waals surface area contributed by atoms with Crippen LogP contribution in [-0.2, 0) is 10.0 Å². The van der Waals surface area contributed by atoms with E-state index in [0.717, 1.165) is 10.6 Å². The first-order chi connectivity index (χ1) is 7.55. The summed E-state index contributed by atoms with van der Waals surface area (Å²) < 4.78 is 26.5. The van der Waals surface area contributed by atoms with Gasteiger partial charge in [0.1, 0.15) is 0 Å². The van der Waals surface area contributed by atoms with Gasteiger partial charge >= 0.3 is 0 Å². The molecule has 84 valence electrons. The first-order valence-electron chi connectivity index (χ1n) is 4.63. The van der Waals surface area contributed by atoms with Crippen molar-refractivity contribution in [1.29, 1.82) is 0 Å². The van der Waals surface area contributed by atoms with Crippen LogP contribution < -0.4 is 4.90 Å². The zero-order valence-corrected chi connectivity index (χ0v) is 10.4. The standard InChI is InChI=1S/C9H7ClN2O2S2/c10-6-1-2-7-8(5-6)15-9-11-16(13,14)4-3-12(7)9/h1-2,5H,3-4H2. The Hall–Kier alpha value is -0.720. The van der Waals surface area contributed by atoms with Gasteiger partial charge in [0.05, 0.1) is 11.4 Å². The molecule has 4 nitrogen and oxygen atoms in total. The third-order valence-electron chi connectivity index (χ3n) is 2.43. The predicted molar refractivity (Wildman–Crippen MR) is 65.9 cm³/mol. The van der Waals surface area contributed by atoms with Crippen LogP contribution in [0.3, 0.4) is 0 Å². The molecule has 7 heteroatoms. The molecule has 0 N–H and O–H groups in total. The lowest BCUT2D eigenvalue weighted by Crippen LogP contribution is -2.35. The van der Waals surface area contributed by atoms with Gasteiger partial charge in [0.25, 0.3) is 10.0 Å². The molecule has 1 aromatic carbocycles. The van der Waals surface area contributed by atoms with E-state index < -0.39 is 10.0 Å². The summed E-state index contributed by atoms with van der Waals surface area (Å²) in [5.41, 5.74) is 0.989. The summed E-state index contributed by atoms with van der Waals surface area (Å²) in [5.74, 6) is 0.0686. The molecule has 0 radical (unpaired) electrons. The number of rotatable bonds is 0. The van der Waals surface area contributed by atoms with Crippen LogP contribution >= 0.6 is 23.4 Å². The topological polar surface area (TPSA) is 49.7 Å². The maximum atomic E-state index is 11.4. The Bertz CT molecular complexity index is 598. The maximum Gasteiger partial charge on any atom is 0.257 e. The molecule has 0 amide bonds. The zero-order chi connectivity index (χ0) is 11.3. The minimum Gasteiger partial charge on any atom is -0.318 e. The van der Waals surface area contributed by atoms with Crippen molar-refractivity contribution in [2.75, 3.05) is 17.2 Å². The number of sulfonamides is 1. The van der Waals surface area contributed by atoms with Crippen molar-refractivity contribution in [2.24, 2.45) is 4.40 Å². The van der Waals surface area contributed by atoms with Crippen LogP contribution in [0.25, 0.3) is 0 Å². The molecule has 0 aliphatic carbocycles. The maximum absolute atomic E-state index is 11.4. The highest BCUT2D eigenvalue weighted by molar-refractivity contribution is 8.15. The second-order valence-corrected chi connectivity index (χ2v) is 6.73. The van der Waals surface area contributed by atoms with Crippen molar-refractivity contribution in [3.05, 3.63) is 23.2 Å². The van der Waals surface area contributed by atoms with E-state index in [0.29, 0.717) is 16.7 Å². The first-order valence-corrected chi connectivity index (χ1v) is 7.43. The number of nitrogens with zero attached hydrogens (tertiary/aromatic N) is 2. The number of amidine groups is 1. The number of fused-ring (bicyclic) bond motifs is 3. The first kappa shape index (κ1) is 10.4. The summed E-state index contributed by atoms with van der Waals surface area (Å²) >= 11 is 7.24. The SMILES string of the molecule is O=S1(=O)CCN2C(=N1)Sc1cc(Cl)ccc12. The van der Waals surface area contributed by atoms with Crippen molar-refractivity contribution in [2.45, 2.75) is 4.90 Å². The second kappa shape index (κ2) is 3.38. The molecule has 0 fully saturated rings. The van der Waals surface area contributed by atoms with Crippen LogP contribution in [0, 0.1) is 0 Å². The highest BCUT2D eigenvalue weighted by atomic mass is 35.5. The summed E-state index contributed by atoms with van der Waals surface area (Å²) in [5, 5.41) is 1.18. The summed E-state index contributed by atoms with van der Waals surface area (Å²) in [6.45, 7) is 0.461. The van der Waals surface area contributed by atoms with Crippen molar-refractivity contribution in [1.82, 2.24) is 0 Å². The summed E-state index contributed by atoms with van der Waals surface area (Å²) in [6, 6.07) is 5.52. The fraction of sp³-hybridized carbons (Fsp3) is 0.222. The normalized spacial score (nSPS) is 21.3. The van der Waals surface area contributed by atoms with Gasteiger partial charge in [-0.1, -0.05) is 11.6 Å². The van der Waals surface area contributed by atoms with Gasteiger partial charge in [0.15, 0.2) is 5.17 Å². The Labute approximate surface area is 102 Å². The van der Waals surface area contributed by atoms with Crippen molar-refractivity contribution in [3.63, 3.8) is 0 Å². The minimum atomic E-state index is -3.27. The minimum absolute atomic E-state index is 0.0686. The van der Waals surface area contributed by atoms with E-state index in [4.69, 9.17) is 11.6 Å². The molecule has 0 spiro atoms. The molecule has 2 heterocycles. The fourth-order valence-corrected chi connectivity index (χ4v) is 4.24. The van der Waals surface area contributed by atoms with Gasteiger partial charge in [-0.3, -0.25) is 0 Å². The van der Waals surface area contributed by atoms with Gasteiger partial charge in [0.2, 0.25) is 0 Å². The average molecular weight is 275 g/mol. The van der Waals surface area contributed by atoms with E-state index in [2.05, 4.69) is 4.40 Å². The molecule has 0 bridgehead atoms. The van der Waals surface area contributed by atoms with E-state index in [-0.39, 0.29) is 5.75 Å². The number of thioether (sulfide) groups is 1. The van der Waals surface area contributed by atoms with E-state index in [9.17, 15) is 8.42 Å². The highest BCUT2D eigenvalue weighted by Crippen LogP contribution is 2.42. The third kappa shape index (κ3) is 1.61. The molecule has 0 aromatic heterocycles. The van der Waals surface area contributed by atoms with Crippen molar-refractivity contribution in [3.8, 4) is 0 Å². The lowest BCUT2D eigenvalue weighted by atomic mass is 10.3. The van der Waals surface area contributed by atoms with Crippen LogP contribution in [0.1, 0.15) is 0 Å². The molecule has 2 aliphatic heterocycles. The molecule has 0 saturated carbocycles. The number of anilines is 1. The molecule has 3 rings (SSSR count). The van der Waals surface area contributed by atoms with Gasteiger partial charge < -0.3 is 4.90 Å². The molecule has 16 heavy (non-hydrogen) atoms. The van der Waals surface area contributed by atoms with Gasteiger partial charge in [-0.15, -0.1) is 4.40 Å². The quantitative estimate of drug-likeness (QED) is 0.726. The molecule has 2 aliphatic rings. The summed E-state index contributed by atoms with van der Waals surface area (Å²) in [4.78, 5) is 2.88. The van der Waals surface area contributed by atoms with E-state index in [1.807, 2.05) is 17.0 Å². The molecule has 1 aromatic rings. The average Bonchev–Trinajstić information content (AvgIpc) is 2.51. The molecular formula is C9H7ClN2O2S2. The van der Waals surface area contributed by atoms with Crippen molar-refractivity contribution < 1.29 is 8.42 Å². The smallest absolute Gasteiger partial charge is 0.257 e. The number of benzene rings is 1. The van der Waals surface area contributed by atoms with E-state index in [1.165, 1.54) is 11.8 Å². The lowest BCUT2D eigenvalue weighted by Gasteiger charge is -2.21. The largest absolute Gasteiger partial charge is 0.318 e. The third-order valence-corrected chi connectivity index (χ3v) is 4.98. The Morgan fingerprint density at radius 2 is 2.25 bits per heavy atom.